The Morgan fingerprint density at radius 1 is 1.55 bits per heavy atom. The summed E-state index contributed by atoms with van der Waals surface area (Å²) in [6, 6.07) is 3.52. The molecule has 0 aliphatic heterocycles. The number of nitrogens with zero attached hydrogens (tertiary/aromatic N) is 5. The van der Waals surface area contributed by atoms with E-state index in [0.717, 1.165) is 5.69 Å². The van der Waals surface area contributed by atoms with Gasteiger partial charge in [0.1, 0.15) is 6.54 Å². The summed E-state index contributed by atoms with van der Waals surface area (Å²) in [4.78, 5) is 16.6. The van der Waals surface area contributed by atoms with Crippen molar-refractivity contribution in [2.75, 3.05) is 5.32 Å². The zero-order chi connectivity index (χ0) is 13.9. The third-order valence-electron chi connectivity index (χ3n) is 2.33. The maximum absolute atomic E-state index is 10.9. The van der Waals surface area contributed by atoms with Crippen molar-refractivity contribution < 1.29 is 9.21 Å². The maximum atomic E-state index is 10.9. The van der Waals surface area contributed by atoms with Gasteiger partial charge in [-0.05, 0) is 17.3 Å². The molecule has 0 saturated carbocycles. The first-order chi connectivity index (χ1) is 9.70. The molecule has 102 valence electrons. The van der Waals surface area contributed by atoms with Crippen LogP contribution in [0.4, 0.5) is 5.13 Å². The predicted molar refractivity (Wildman–Crippen MR) is 71.0 cm³/mol. The molecule has 0 bridgehead atoms. The van der Waals surface area contributed by atoms with E-state index in [0.29, 0.717) is 23.3 Å². The van der Waals surface area contributed by atoms with Gasteiger partial charge in [-0.3, -0.25) is 4.79 Å². The molecule has 8 nitrogen and oxygen atoms in total. The summed E-state index contributed by atoms with van der Waals surface area (Å²) in [5.74, 6) is 0.839. The summed E-state index contributed by atoms with van der Waals surface area (Å²) in [5, 5.41) is 17.0. The van der Waals surface area contributed by atoms with E-state index >= 15 is 0 Å². The molecule has 3 aromatic heterocycles. The molecule has 3 aromatic rings. The monoisotopic (exact) mass is 290 g/mol. The van der Waals surface area contributed by atoms with Crippen molar-refractivity contribution >= 4 is 22.4 Å². The molecule has 3 rings (SSSR count). The van der Waals surface area contributed by atoms with E-state index in [1.54, 1.807) is 18.4 Å². The quantitative estimate of drug-likeness (QED) is 0.779. The molecule has 1 amide bonds. The second-order valence-corrected chi connectivity index (χ2v) is 4.80. The predicted octanol–water partition coefficient (Wildman–Crippen LogP) is 1.40. The number of carbonyl (C=O) groups excluding carboxylic acids is 1. The summed E-state index contributed by atoms with van der Waals surface area (Å²) in [7, 11) is 0. The Bertz CT molecular complexity index is 717. The van der Waals surface area contributed by atoms with Crippen LogP contribution in [0.3, 0.4) is 0 Å². The summed E-state index contributed by atoms with van der Waals surface area (Å²) in [6.45, 7) is 1.82. The van der Waals surface area contributed by atoms with Crippen LogP contribution in [-0.2, 0) is 11.3 Å². The van der Waals surface area contributed by atoms with Crippen LogP contribution in [-0.4, -0.2) is 31.1 Å². The van der Waals surface area contributed by atoms with Crippen LogP contribution in [0.25, 0.3) is 11.6 Å². The molecule has 0 unspecified atom stereocenters. The molecule has 0 atom stereocenters. The minimum absolute atomic E-state index is 0.148. The zero-order valence-electron chi connectivity index (χ0n) is 10.5. The van der Waals surface area contributed by atoms with Crippen molar-refractivity contribution in [2.45, 2.75) is 13.5 Å². The number of nitrogens with one attached hydrogen (secondary N) is 1. The number of tetrazole rings is 1. The lowest BCUT2D eigenvalue weighted by Crippen LogP contribution is -2.07. The Labute approximate surface area is 117 Å². The standard InChI is InChI=1S/C11H10N6O2S/c1-7(18)12-11-13-8(6-20-11)5-17-15-10(14-16-17)9-3-2-4-19-9/h2-4,6H,5H2,1H3,(H,12,13,18). The van der Waals surface area contributed by atoms with Gasteiger partial charge in [0, 0.05) is 12.3 Å². The highest BCUT2D eigenvalue weighted by molar-refractivity contribution is 7.13. The minimum Gasteiger partial charge on any atom is -0.461 e. The van der Waals surface area contributed by atoms with Crippen LogP contribution in [0.5, 0.6) is 0 Å². The number of amides is 1. The van der Waals surface area contributed by atoms with E-state index in [1.807, 2.05) is 5.38 Å². The van der Waals surface area contributed by atoms with E-state index in [4.69, 9.17) is 4.42 Å². The first-order valence-corrected chi connectivity index (χ1v) is 6.62. The highest BCUT2D eigenvalue weighted by Gasteiger charge is 2.10. The van der Waals surface area contributed by atoms with Crippen molar-refractivity contribution in [3.05, 3.63) is 29.5 Å². The Morgan fingerprint density at radius 2 is 2.45 bits per heavy atom. The molecule has 0 saturated heterocycles. The fourth-order valence-electron chi connectivity index (χ4n) is 1.55. The van der Waals surface area contributed by atoms with Crippen LogP contribution in [0, 0.1) is 0 Å². The lowest BCUT2D eigenvalue weighted by atomic mass is 10.4. The molecule has 9 heteroatoms. The zero-order valence-corrected chi connectivity index (χ0v) is 11.3. The van der Waals surface area contributed by atoms with Crippen molar-refractivity contribution in [3.63, 3.8) is 0 Å². The number of rotatable bonds is 4. The van der Waals surface area contributed by atoms with Crippen molar-refractivity contribution in [2.24, 2.45) is 0 Å². The van der Waals surface area contributed by atoms with Crippen LogP contribution in [0.15, 0.2) is 28.2 Å². The molecule has 0 fully saturated rings. The fourth-order valence-corrected chi connectivity index (χ4v) is 2.29. The second-order valence-electron chi connectivity index (χ2n) is 3.95. The van der Waals surface area contributed by atoms with Gasteiger partial charge in [0.05, 0.1) is 12.0 Å². The third kappa shape index (κ3) is 2.72. The summed E-state index contributed by atoms with van der Waals surface area (Å²) in [6.07, 6.45) is 1.55. The Kier molecular flexibility index (Phi) is 3.25. The SMILES string of the molecule is CC(=O)Nc1nc(Cn2nnc(-c3ccco3)n2)cs1. The number of carbonyl (C=O) groups is 1. The van der Waals surface area contributed by atoms with E-state index in [2.05, 4.69) is 25.7 Å². The van der Waals surface area contributed by atoms with Gasteiger partial charge in [-0.1, -0.05) is 0 Å². The average Bonchev–Trinajstić information content (AvgIpc) is 3.09. The number of thiazole rings is 1. The second kappa shape index (κ2) is 5.21. The van der Waals surface area contributed by atoms with Crippen LogP contribution < -0.4 is 5.32 Å². The maximum Gasteiger partial charge on any atom is 0.240 e. The number of anilines is 1. The topological polar surface area (TPSA) is 98.7 Å². The number of aromatic nitrogens is 5. The summed E-state index contributed by atoms with van der Waals surface area (Å²) in [5.41, 5.74) is 0.752. The van der Waals surface area contributed by atoms with Crippen molar-refractivity contribution in [3.8, 4) is 11.6 Å². The lowest BCUT2D eigenvalue weighted by molar-refractivity contribution is -0.114. The van der Waals surface area contributed by atoms with Crippen LogP contribution in [0.1, 0.15) is 12.6 Å². The van der Waals surface area contributed by atoms with Gasteiger partial charge in [-0.25, -0.2) is 4.98 Å². The highest BCUT2D eigenvalue weighted by Crippen LogP contribution is 2.17. The average molecular weight is 290 g/mol. The van der Waals surface area contributed by atoms with E-state index in [-0.39, 0.29) is 5.91 Å². The molecular formula is C11H10N6O2S. The molecule has 0 radical (unpaired) electrons. The third-order valence-corrected chi connectivity index (χ3v) is 3.14. The molecular weight excluding hydrogens is 280 g/mol. The van der Waals surface area contributed by atoms with Crippen LogP contribution >= 0.6 is 11.3 Å². The van der Waals surface area contributed by atoms with Crippen LogP contribution in [0.2, 0.25) is 0 Å². The largest absolute Gasteiger partial charge is 0.461 e. The molecule has 20 heavy (non-hydrogen) atoms. The normalized spacial score (nSPS) is 10.7. The van der Waals surface area contributed by atoms with Gasteiger partial charge in [0.15, 0.2) is 10.9 Å². The van der Waals surface area contributed by atoms with Gasteiger partial charge in [0.25, 0.3) is 0 Å². The number of furan rings is 1. The van der Waals surface area contributed by atoms with Gasteiger partial charge in [-0.15, -0.1) is 21.5 Å². The molecule has 1 N–H and O–H groups in total. The fraction of sp³-hybridized carbons (Fsp3) is 0.182. The highest BCUT2D eigenvalue weighted by atomic mass is 32.1. The number of hydrogen-bond acceptors (Lipinski definition) is 7. The molecule has 0 aromatic carbocycles. The van der Waals surface area contributed by atoms with Gasteiger partial charge in [-0.2, -0.15) is 4.80 Å². The lowest BCUT2D eigenvalue weighted by Gasteiger charge is -1.95. The Hall–Kier alpha value is -2.55. The van der Waals surface area contributed by atoms with Gasteiger partial charge >= 0.3 is 0 Å². The first-order valence-electron chi connectivity index (χ1n) is 5.74. The van der Waals surface area contributed by atoms with Crippen molar-refractivity contribution in [1.29, 1.82) is 0 Å². The molecule has 0 aliphatic carbocycles. The van der Waals surface area contributed by atoms with E-state index in [1.165, 1.54) is 23.1 Å². The summed E-state index contributed by atoms with van der Waals surface area (Å²) < 4.78 is 5.19. The Balaban J connectivity index is 1.72. The number of hydrogen-bond donors (Lipinski definition) is 1. The summed E-state index contributed by atoms with van der Waals surface area (Å²) >= 11 is 1.35. The van der Waals surface area contributed by atoms with Gasteiger partial charge in [0.2, 0.25) is 11.7 Å². The van der Waals surface area contributed by atoms with E-state index < -0.39 is 0 Å². The molecule has 0 spiro atoms. The smallest absolute Gasteiger partial charge is 0.240 e. The van der Waals surface area contributed by atoms with Crippen molar-refractivity contribution in [1.82, 2.24) is 25.2 Å². The van der Waals surface area contributed by atoms with E-state index in [9.17, 15) is 4.79 Å². The first kappa shape index (κ1) is 12.5. The Morgan fingerprint density at radius 3 is 3.20 bits per heavy atom. The molecule has 0 aliphatic rings. The molecule has 3 heterocycles. The van der Waals surface area contributed by atoms with Gasteiger partial charge < -0.3 is 9.73 Å². The minimum atomic E-state index is -0.148.